The van der Waals surface area contributed by atoms with Crippen molar-refractivity contribution in [2.24, 2.45) is 0 Å². The SMILES string of the molecule is O=C(OC(I)(I)I)c1ccccc1Cc1ccccc1. The molecule has 0 heterocycles. The van der Waals surface area contributed by atoms with Crippen LogP contribution in [0, 0.1) is 0 Å². The molecule has 0 bridgehead atoms. The largest absolute Gasteiger partial charge is 0.426 e. The molecule has 2 nitrogen and oxygen atoms in total. The first kappa shape index (κ1) is 16.5. The molecule has 0 fully saturated rings. The number of hydrogen-bond donors (Lipinski definition) is 0. The van der Waals surface area contributed by atoms with Crippen LogP contribution < -0.4 is 0 Å². The molecular formula is C15H11I3O2. The summed E-state index contributed by atoms with van der Waals surface area (Å²) in [5.41, 5.74) is 2.79. The summed E-state index contributed by atoms with van der Waals surface area (Å²) in [4.78, 5) is 12.2. The van der Waals surface area contributed by atoms with Crippen LogP contribution in [0.1, 0.15) is 21.5 Å². The Balaban J connectivity index is 2.25. The number of hydrogen-bond acceptors (Lipinski definition) is 2. The molecule has 0 N–H and O–H groups in total. The molecule has 2 rings (SSSR count). The second kappa shape index (κ2) is 7.39. The minimum Gasteiger partial charge on any atom is -0.426 e. The predicted molar refractivity (Wildman–Crippen MR) is 106 cm³/mol. The van der Waals surface area contributed by atoms with E-state index >= 15 is 0 Å². The van der Waals surface area contributed by atoms with Gasteiger partial charge in [0.25, 0.3) is -0.379 Å². The van der Waals surface area contributed by atoms with Crippen molar-refractivity contribution < 1.29 is 9.53 Å². The number of carbonyl (C=O) groups is 1. The molecule has 0 unspecified atom stereocenters. The van der Waals surface area contributed by atoms with E-state index < -0.39 is -0.379 Å². The molecule has 20 heavy (non-hydrogen) atoms. The quantitative estimate of drug-likeness (QED) is 0.268. The van der Waals surface area contributed by atoms with Gasteiger partial charge in [0.05, 0.1) is 5.56 Å². The van der Waals surface area contributed by atoms with Gasteiger partial charge in [0, 0.05) is 0 Å². The normalized spacial score (nSPS) is 11.2. The molecule has 5 heteroatoms. The number of rotatable bonds is 4. The molecule has 0 saturated heterocycles. The molecule has 0 atom stereocenters. The van der Waals surface area contributed by atoms with Crippen molar-refractivity contribution in [3.8, 4) is 0 Å². The average Bonchev–Trinajstić information content (AvgIpc) is 2.38. The fraction of sp³-hybridized carbons (Fsp3) is 0.133. The Morgan fingerprint density at radius 3 is 2.20 bits per heavy atom. The molecule has 0 spiro atoms. The van der Waals surface area contributed by atoms with Crippen molar-refractivity contribution in [3.05, 3.63) is 71.3 Å². The van der Waals surface area contributed by atoms with Gasteiger partial charge < -0.3 is 4.74 Å². The number of alkyl halides is 3. The van der Waals surface area contributed by atoms with Gasteiger partial charge in [-0.05, 0) is 91.4 Å². The maximum atomic E-state index is 12.2. The third kappa shape index (κ3) is 5.14. The Morgan fingerprint density at radius 1 is 0.950 bits per heavy atom. The lowest BCUT2D eigenvalue weighted by Crippen LogP contribution is -2.16. The molecule has 0 aliphatic carbocycles. The molecule has 2 aromatic carbocycles. The number of ether oxygens (including phenoxy) is 1. The van der Waals surface area contributed by atoms with E-state index in [0.29, 0.717) is 5.56 Å². The highest BCUT2D eigenvalue weighted by molar-refractivity contribution is 14.3. The lowest BCUT2D eigenvalue weighted by atomic mass is 10.00. The summed E-state index contributed by atoms with van der Waals surface area (Å²) in [7, 11) is 0. The van der Waals surface area contributed by atoms with Crippen LogP contribution in [0.4, 0.5) is 0 Å². The highest BCUT2D eigenvalue weighted by atomic mass is 127. The van der Waals surface area contributed by atoms with Crippen molar-refractivity contribution in [1.29, 1.82) is 0 Å². The van der Waals surface area contributed by atoms with Crippen molar-refractivity contribution in [1.82, 2.24) is 0 Å². The summed E-state index contributed by atoms with van der Waals surface area (Å²) < 4.78 is 4.86. The molecule has 0 aromatic heterocycles. The topological polar surface area (TPSA) is 26.3 Å². The number of carbonyl (C=O) groups excluding carboxylic acids is 1. The van der Waals surface area contributed by atoms with E-state index in [9.17, 15) is 4.79 Å². The van der Waals surface area contributed by atoms with Crippen molar-refractivity contribution in [2.45, 2.75) is 6.04 Å². The second-order valence-electron chi connectivity index (χ2n) is 4.15. The monoisotopic (exact) mass is 604 g/mol. The highest BCUT2D eigenvalue weighted by Crippen LogP contribution is 2.37. The third-order valence-corrected chi connectivity index (χ3v) is 3.34. The van der Waals surface area contributed by atoms with Crippen LogP contribution in [0.3, 0.4) is 0 Å². The Bertz CT molecular complexity index is 592. The van der Waals surface area contributed by atoms with Crippen LogP contribution in [0.15, 0.2) is 54.6 Å². The van der Waals surface area contributed by atoms with Crippen LogP contribution in [-0.4, -0.2) is 5.59 Å². The van der Waals surface area contributed by atoms with Crippen molar-refractivity contribution in [2.75, 3.05) is 0 Å². The number of esters is 1. The summed E-state index contributed by atoms with van der Waals surface area (Å²) in [6.07, 6.45) is 0.725. The Hall–Kier alpha value is 0.100. The Morgan fingerprint density at radius 2 is 1.55 bits per heavy atom. The second-order valence-corrected chi connectivity index (χ2v) is 14.9. The smallest absolute Gasteiger partial charge is 0.340 e. The molecule has 0 aliphatic rings. The summed E-state index contributed by atoms with van der Waals surface area (Å²) in [6, 6.07) is 17.7. The van der Waals surface area contributed by atoms with Gasteiger partial charge in [0.15, 0.2) is 0 Å². The van der Waals surface area contributed by atoms with Crippen LogP contribution in [0.25, 0.3) is 0 Å². The zero-order chi connectivity index (χ0) is 14.6. The molecule has 0 amide bonds. The van der Waals surface area contributed by atoms with E-state index in [4.69, 9.17) is 4.74 Å². The zero-order valence-electron chi connectivity index (χ0n) is 10.4. The molecule has 104 valence electrons. The fourth-order valence-corrected chi connectivity index (χ4v) is 2.45. The molecule has 0 radical (unpaired) electrons. The van der Waals surface area contributed by atoms with E-state index in [2.05, 4.69) is 79.9 Å². The molecule has 2 aromatic rings. The minimum absolute atomic E-state index is 0.283. The third-order valence-electron chi connectivity index (χ3n) is 2.68. The van der Waals surface area contributed by atoms with Gasteiger partial charge in [-0.1, -0.05) is 48.5 Å². The first-order valence-electron chi connectivity index (χ1n) is 5.87. The zero-order valence-corrected chi connectivity index (χ0v) is 16.8. The maximum Gasteiger partial charge on any atom is 0.340 e. The van der Waals surface area contributed by atoms with Crippen LogP contribution in [-0.2, 0) is 11.2 Å². The van der Waals surface area contributed by atoms with E-state index in [0.717, 1.165) is 12.0 Å². The van der Waals surface area contributed by atoms with Crippen molar-refractivity contribution >= 4 is 73.7 Å². The van der Waals surface area contributed by atoms with Crippen molar-refractivity contribution in [3.63, 3.8) is 0 Å². The van der Waals surface area contributed by atoms with Gasteiger partial charge in [-0.25, -0.2) is 4.79 Å². The van der Waals surface area contributed by atoms with Gasteiger partial charge in [0.1, 0.15) is 0 Å². The average molecular weight is 604 g/mol. The summed E-state index contributed by atoms with van der Waals surface area (Å²) in [5, 5.41) is 0. The first-order chi connectivity index (χ1) is 9.46. The van der Waals surface area contributed by atoms with E-state index in [-0.39, 0.29) is 5.97 Å². The van der Waals surface area contributed by atoms with Gasteiger partial charge in [-0.3, -0.25) is 0 Å². The Kier molecular flexibility index (Phi) is 6.09. The van der Waals surface area contributed by atoms with Gasteiger partial charge in [0.2, 0.25) is 0 Å². The predicted octanol–water partition coefficient (Wildman–Crippen LogP) is 5.35. The summed E-state index contributed by atoms with van der Waals surface area (Å²) >= 11 is 6.25. The standard InChI is InChI=1S/C15H11I3O2/c16-15(17,18)20-14(19)13-9-5-4-8-12(13)10-11-6-2-1-3-7-11/h1-9H,10H2. The van der Waals surface area contributed by atoms with Gasteiger partial charge >= 0.3 is 5.97 Å². The first-order valence-corrected chi connectivity index (χ1v) is 9.11. The minimum atomic E-state index is -0.565. The van der Waals surface area contributed by atoms with Gasteiger partial charge in [-0.15, -0.1) is 0 Å². The van der Waals surface area contributed by atoms with Crippen LogP contribution >= 0.6 is 67.8 Å². The van der Waals surface area contributed by atoms with E-state index in [1.165, 1.54) is 5.56 Å². The number of benzene rings is 2. The van der Waals surface area contributed by atoms with Crippen LogP contribution in [0.2, 0.25) is 0 Å². The lowest BCUT2D eigenvalue weighted by Gasteiger charge is -2.15. The Labute approximate surface area is 159 Å². The summed E-state index contributed by atoms with van der Waals surface area (Å²) in [6.45, 7) is 0. The molecule has 0 saturated carbocycles. The van der Waals surface area contributed by atoms with Gasteiger partial charge in [-0.2, -0.15) is 0 Å². The highest BCUT2D eigenvalue weighted by Gasteiger charge is 2.24. The fourth-order valence-electron chi connectivity index (χ4n) is 1.85. The summed E-state index contributed by atoms with van der Waals surface area (Å²) in [5.74, 6) is -0.283. The maximum absolute atomic E-state index is 12.2. The van der Waals surface area contributed by atoms with Crippen LogP contribution in [0.5, 0.6) is 0 Å². The lowest BCUT2D eigenvalue weighted by molar-refractivity contribution is 0.0561. The molecule has 0 aliphatic heterocycles. The molecular weight excluding hydrogens is 593 g/mol. The number of halogens is 3. The van der Waals surface area contributed by atoms with E-state index in [1.54, 1.807) is 0 Å². The van der Waals surface area contributed by atoms with E-state index in [1.807, 2.05) is 42.5 Å².